The first-order valence-electron chi connectivity index (χ1n) is 10.5. The normalized spacial score (nSPS) is 22.1. The zero-order chi connectivity index (χ0) is 21.5. The first kappa shape index (κ1) is 20.1. The highest BCUT2D eigenvalue weighted by molar-refractivity contribution is 7.09. The molecule has 7 nitrogen and oxygen atoms in total. The van der Waals surface area contributed by atoms with E-state index >= 15 is 0 Å². The van der Waals surface area contributed by atoms with Crippen LogP contribution in [0, 0.1) is 5.82 Å². The van der Waals surface area contributed by atoms with Crippen LogP contribution in [0.4, 0.5) is 10.1 Å². The van der Waals surface area contributed by atoms with Gasteiger partial charge in [-0.05, 0) is 35.6 Å². The van der Waals surface area contributed by atoms with Crippen LogP contribution in [0.2, 0.25) is 0 Å². The zero-order valence-electron chi connectivity index (χ0n) is 17.0. The van der Waals surface area contributed by atoms with Crippen molar-refractivity contribution in [2.24, 2.45) is 0 Å². The number of imide groups is 1. The monoisotopic (exact) mass is 442 g/mol. The van der Waals surface area contributed by atoms with Crippen LogP contribution >= 0.6 is 11.3 Å². The van der Waals surface area contributed by atoms with E-state index in [0.29, 0.717) is 30.8 Å². The predicted molar refractivity (Wildman–Crippen MR) is 114 cm³/mol. The third-order valence-corrected chi connectivity index (χ3v) is 7.12. The Morgan fingerprint density at radius 2 is 1.94 bits per heavy atom. The van der Waals surface area contributed by atoms with Gasteiger partial charge in [0.1, 0.15) is 11.9 Å². The maximum Gasteiger partial charge on any atom is 0.255 e. The molecular weight excluding hydrogens is 419 g/mol. The van der Waals surface area contributed by atoms with Gasteiger partial charge in [0.25, 0.3) is 5.91 Å². The van der Waals surface area contributed by atoms with Crippen LogP contribution in [0.15, 0.2) is 29.6 Å². The van der Waals surface area contributed by atoms with Gasteiger partial charge in [-0.2, -0.15) is 0 Å². The van der Waals surface area contributed by atoms with Crippen LogP contribution in [0.25, 0.3) is 0 Å². The fraction of sp³-hybridized carbons (Fsp3) is 0.409. The van der Waals surface area contributed by atoms with Gasteiger partial charge in [-0.25, -0.2) is 4.39 Å². The van der Waals surface area contributed by atoms with Crippen molar-refractivity contribution in [1.82, 2.24) is 15.1 Å². The Kier molecular flexibility index (Phi) is 5.23. The lowest BCUT2D eigenvalue weighted by Gasteiger charge is -2.36. The number of piperazine rings is 1. The number of hydrogen-bond donors (Lipinski definition) is 1. The van der Waals surface area contributed by atoms with Gasteiger partial charge in [0.2, 0.25) is 11.8 Å². The highest BCUT2D eigenvalue weighted by atomic mass is 32.1. The Balaban J connectivity index is 1.29. The molecular formula is C22H23FN4O3S. The van der Waals surface area contributed by atoms with E-state index in [1.54, 1.807) is 17.4 Å². The lowest BCUT2D eigenvalue weighted by Crippen LogP contribution is -2.52. The van der Waals surface area contributed by atoms with E-state index in [1.165, 1.54) is 15.8 Å². The van der Waals surface area contributed by atoms with Gasteiger partial charge in [-0.1, -0.05) is 6.07 Å². The van der Waals surface area contributed by atoms with Crippen molar-refractivity contribution in [3.8, 4) is 0 Å². The summed E-state index contributed by atoms with van der Waals surface area (Å²) in [5.41, 5.74) is 1.54. The largest absolute Gasteiger partial charge is 0.367 e. The zero-order valence-corrected chi connectivity index (χ0v) is 17.8. The maximum atomic E-state index is 15.0. The van der Waals surface area contributed by atoms with Crippen LogP contribution in [0.1, 0.15) is 33.6 Å². The van der Waals surface area contributed by atoms with Crippen LogP contribution < -0.4 is 10.2 Å². The Morgan fingerprint density at radius 1 is 1.13 bits per heavy atom. The van der Waals surface area contributed by atoms with Crippen molar-refractivity contribution in [3.05, 3.63) is 51.5 Å². The molecule has 162 valence electrons. The number of nitrogens with one attached hydrogen (secondary N) is 1. The van der Waals surface area contributed by atoms with Crippen molar-refractivity contribution in [2.75, 3.05) is 31.1 Å². The average Bonchev–Trinajstić information content (AvgIpc) is 3.37. The van der Waals surface area contributed by atoms with Crippen LogP contribution in [-0.4, -0.2) is 59.7 Å². The van der Waals surface area contributed by atoms with Crippen molar-refractivity contribution >= 4 is 34.7 Å². The second kappa shape index (κ2) is 8.05. The molecule has 9 heteroatoms. The van der Waals surface area contributed by atoms with Crippen molar-refractivity contribution in [3.63, 3.8) is 0 Å². The highest BCUT2D eigenvalue weighted by Crippen LogP contribution is 2.33. The Bertz CT molecular complexity index is 1030. The predicted octanol–water partition coefficient (Wildman–Crippen LogP) is 1.97. The standard InChI is InChI=1S/C22H23FN4O3S/c23-17-11-16-14(12-27(22(16)30)18-3-4-20(28)24-21(18)29)10-19(17)26-7-5-25(6-8-26)13-15-2-1-9-31-15/h1-2,9-11,18H,3-8,12-13H2,(H,24,28,29). The first-order valence-corrected chi connectivity index (χ1v) is 11.3. The molecule has 5 rings (SSSR count). The third-order valence-electron chi connectivity index (χ3n) is 6.26. The Hall–Kier alpha value is -2.78. The molecule has 1 unspecified atom stereocenters. The van der Waals surface area contributed by atoms with Crippen LogP contribution in [0.5, 0.6) is 0 Å². The van der Waals surface area contributed by atoms with Gasteiger partial charge >= 0.3 is 0 Å². The van der Waals surface area contributed by atoms with Crippen molar-refractivity contribution < 1.29 is 18.8 Å². The minimum absolute atomic E-state index is 0.200. The van der Waals surface area contributed by atoms with Gasteiger partial charge in [0.15, 0.2) is 0 Å². The Labute approximate surface area is 183 Å². The summed E-state index contributed by atoms with van der Waals surface area (Å²) < 4.78 is 15.0. The summed E-state index contributed by atoms with van der Waals surface area (Å²) in [5, 5.41) is 4.36. The van der Waals surface area contributed by atoms with Crippen molar-refractivity contribution in [1.29, 1.82) is 0 Å². The fourth-order valence-corrected chi connectivity index (χ4v) is 5.33. The molecule has 3 aliphatic heterocycles. The lowest BCUT2D eigenvalue weighted by molar-refractivity contribution is -0.136. The molecule has 3 amide bonds. The molecule has 4 heterocycles. The summed E-state index contributed by atoms with van der Waals surface area (Å²) >= 11 is 1.74. The minimum atomic E-state index is -0.690. The molecule has 0 saturated carbocycles. The van der Waals surface area contributed by atoms with E-state index in [-0.39, 0.29) is 24.8 Å². The second-order valence-electron chi connectivity index (χ2n) is 8.20. The number of fused-ring (bicyclic) bond motifs is 1. The summed E-state index contributed by atoms with van der Waals surface area (Å²) in [5.74, 6) is -1.54. The molecule has 0 aliphatic carbocycles. The van der Waals surface area contributed by atoms with Gasteiger partial charge in [0.05, 0.1) is 5.69 Å². The van der Waals surface area contributed by atoms with E-state index in [2.05, 4.69) is 27.7 Å². The molecule has 2 aromatic rings. The molecule has 2 saturated heterocycles. The van der Waals surface area contributed by atoms with E-state index in [9.17, 15) is 18.8 Å². The number of benzene rings is 1. The smallest absolute Gasteiger partial charge is 0.255 e. The number of nitrogens with zero attached hydrogens (tertiary/aromatic N) is 3. The number of rotatable bonds is 4. The van der Waals surface area contributed by atoms with E-state index in [4.69, 9.17) is 0 Å². The summed E-state index contributed by atoms with van der Waals surface area (Å²) in [6.45, 7) is 4.28. The second-order valence-corrected chi connectivity index (χ2v) is 9.24. The Morgan fingerprint density at radius 3 is 2.65 bits per heavy atom. The van der Waals surface area contributed by atoms with E-state index in [0.717, 1.165) is 25.2 Å². The molecule has 0 bridgehead atoms. The summed E-state index contributed by atoms with van der Waals surface area (Å²) in [7, 11) is 0. The number of thiophene rings is 1. The van der Waals surface area contributed by atoms with Gasteiger partial charge in [0, 0.05) is 56.1 Å². The number of hydrogen-bond acceptors (Lipinski definition) is 6. The number of carbonyl (C=O) groups is 3. The molecule has 3 aliphatic rings. The topological polar surface area (TPSA) is 73.0 Å². The maximum absolute atomic E-state index is 15.0. The van der Waals surface area contributed by atoms with Crippen LogP contribution in [-0.2, 0) is 22.7 Å². The molecule has 2 fully saturated rings. The molecule has 1 atom stereocenters. The summed E-state index contributed by atoms with van der Waals surface area (Å²) in [6, 6.07) is 6.54. The van der Waals surface area contributed by atoms with Gasteiger partial charge in [-0.3, -0.25) is 24.6 Å². The summed E-state index contributed by atoms with van der Waals surface area (Å²) in [4.78, 5) is 43.6. The summed E-state index contributed by atoms with van der Waals surface area (Å²) in [6.07, 6.45) is 0.498. The van der Waals surface area contributed by atoms with Crippen molar-refractivity contribution in [2.45, 2.75) is 32.0 Å². The molecule has 1 N–H and O–H groups in total. The lowest BCUT2D eigenvalue weighted by atomic mass is 10.0. The highest BCUT2D eigenvalue weighted by Gasteiger charge is 2.39. The number of amides is 3. The average molecular weight is 443 g/mol. The minimum Gasteiger partial charge on any atom is -0.367 e. The number of anilines is 1. The molecule has 31 heavy (non-hydrogen) atoms. The molecule has 0 spiro atoms. The van der Waals surface area contributed by atoms with E-state index < -0.39 is 17.8 Å². The van der Waals surface area contributed by atoms with Gasteiger partial charge < -0.3 is 9.80 Å². The SMILES string of the molecule is O=C1CCC(N2Cc3cc(N4CCN(Cc5cccs5)CC4)c(F)cc3C2=O)C(=O)N1. The van der Waals surface area contributed by atoms with Crippen LogP contribution in [0.3, 0.4) is 0 Å². The third kappa shape index (κ3) is 3.83. The fourth-order valence-electron chi connectivity index (χ4n) is 4.59. The van der Waals surface area contributed by atoms with E-state index in [1.807, 2.05) is 4.90 Å². The first-order chi connectivity index (χ1) is 15.0. The molecule has 1 aromatic heterocycles. The quantitative estimate of drug-likeness (QED) is 0.733. The number of halogens is 1. The molecule has 1 aromatic carbocycles. The molecule has 0 radical (unpaired) electrons. The number of carbonyl (C=O) groups excluding carboxylic acids is 3. The van der Waals surface area contributed by atoms with Gasteiger partial charge in [-0.15, -0.1) is 11.3 Å². The number of piperidine rings is 1.